The smallest absolute Gasteiger partial charge is 0.131 e. The van der Waals surface area contributed by atoms with Crippen molar-refractivity contribution < 1.29 is 0 Å². The van der Waals surface area contributed by atoms with Crippen molar-refractivity contribution >= 4 is 21.7 Å². The van der Waals surface area contributed by atoms with Gasteiger partial charge in [0.15, 0.2) is 0 Å². The van der Waals surface area contributed by atoms with Gasteiger partial charge in [0.1, 0.15) is 5.82 Å². The van der Waals surface area contributed by atoms with Gasteiger partial charge in [-0.15, -0.1) is 0 Å². The van der Waals surface area contributed by atoms with Gasteiger partial charge in [0, 0.05) is 30.8 Å². The molecular formula is C15H18BrN3. The Hall–Kier alpha value is -1.39. The molecule has 19 heavy (non-hydrogen) atoms. The predicted molar refractivity (Wildman–Crippen MR) is 83.1 cm³/mol. The van der Waals surface area contributed by atoms with Crippen LogP contribution in [-0.2, 0) is 13.1 Å². The van der Waals surface area contributed by atoms with Crippen LogP contribution in [0.2, 0.25) is 0 Å². The zero-order valence-corrected chi connectivity index (χ0v) is 12.8. The molecule has 1 aromatic heterocycles. The van der Waals surface area contributed by atoms with Crippen molar-refractivity contribution in [3.8, 4) is 0 Å². The van der Waals surface area contributed by atoms with E-state index < -0.39 is 0 Å². The molecule has 2 N–H and O–H groups in total. The lowest BCUT2D eigenvalue weighted by Gasteiger charge is -2.20. The summed E-state index contributed by atoms with van der Waals surface area (Å²) in [6, 6.07) is 10.4. The molecule has 0 aliphatic carbocycles. The molecule has 1 aromatic carbocycles. The maximum atomic E-state index is 5.62. The molecule has 2 rings (SSSR count). The molecule has 0 bridgehead atoms. The van der Waals surface area contributed by atoms with E-state index >= 15 is 0 Å². The number of benzene rings is 1. The molecule has 4 heteroatoms. The monoisotopic (exact) mass is 319 g/mol. The number of nitrogens with two attached hydrogens (primary N) is 1. The lowest BCUT2D eigenvalue weighted by atomic mass is 10.1. The van der Waals surface area contributed by atoms with Crippen LogP contribution >= 0.6 is 15.9 Å². The second kappa shape index (κ2) is 6.17. The molecule has 0 amide bonds. The molecule has 0 spiro atoms. The number of aryl methyl sites for hydroxylation is 1. The first-order chi connectivity index (χ1) is 9.10. The topological polar surface area (TPSA) is 42.1 Å². The summed E-state index contributed by atoms with van der Waals surface area (Å²) in [5.74, 6) is 1.00. The average molecular weight is 320 g/mol. The highest BCUT2D eigenvalue weighted by molar-refractivity contribution is 9.10. The molecule has 0 atom stereocenters. The van der Waals surface area contributed by atoms with E-state index in [1.165, 1.54) is 5.56 Å². The summed E-state index contributed by atoms with van der Waals surface area (Å²) in [4.78, 5) is 6.65. The Bertz CT molecular complexity index is 552. The molecule has 0 saturated heterocycles. The maximum Gasteiger partial charge on any atom is 0.131 e. The maximum absolute atomic E-state index is 5.62. The molecule has 100 valence electrons. The van der Waals surface area contributed by atoms with Crippen LogP contribution in [0, 0.1) is 6.92 Å². The summed E-state index contributed by atoms with van der Waals surface area (Å²) >= 11 is 3.45. The summed E-state index contributed by atoms with van der Waals surface area (Å²) in [5, 5.41) is 0. The Balaban J connectivity index is 2.15. The van der Waals surface area contributed by atoms with Crippen molar-refractivity contribution in [2.75, 3.05) is 11.9 Å². The molecule has 0 radical (unpaired) electrons. The second-order valence-corrected chi connectivity index (χ2v) is 5.59. The number of aromatic nitrogens is 1. The summed E-state index contributed by atoms with van der Waals surface area (Å²) in [6.07, 6.45) is 1.85. The van der Waals surface area contributed by atoms with Gasteiger partial charge >= 0.3 is 0 Å². The third kappa shape index (κ3) is 3.55. The SMILES string of the molecule is Cc1cc(CN)cnc1N(C)Cc1ccc(Br)cc1. The summed E-state index contributed by atoms with van der Waals surface area (Å²) in [7, 11) is 2.06. The highest BCUT2D eigenvalue weighted by Crippen LogP contribution is 2.19. The van der Waals surface area contributed by atoms with E-state index in [2.05, 4.69) is 70.1 Å². The van der Waals surface area contributed by atoms with E-state index in [1.54, 1.807) is 0 Å². The standard InChI is InChI=1S/C15H18BrN3/c1-11-7-13(8-17)9-18-15(11)19(2)10-12-3-5-14(16)6-4-12/h3-7,9H,8,10,17H2,1-2H3. The van der Waals surface area contributed by atoms with Gasteiger partial charge in [0.25, 0.3) is 0 Å². The van der Waals surface area contributed by atoms with Gasteiger partial charge in [-0.1, -0.05) is 28.1 Å². The Morgan fingerprint density at radius 3 is 2.47 bits per heavy atom. The number of anilines is 1. The van der Waals surface area contributed by atoms with Crippen molar-refractivity contribution in [1.82, 2.24) is 4.98 Å². The lowest BCUT2D eigenvalue weighted by Crippen LogP contribution is -2.19. The number of nitrogens with zero attached hydrogens (tertiary/aromatic N) is 2. The second-order valence-electron chi connectivity index (χ2n) is 4.67. The molecular weight excluding hydrogens is 302 g/mol. The van der Waals surface area contributed by atoms with E-state index in [0.29, 0.717) is 6.54 Å². The highest BCUT2D eigenvalue weighted by Gasteiger charge is 2.07. The van der Waals surface area contributed by atoms with E-state index in [1.807, 2.05) is 6.20 Å². The van der Waals surface area contributed by atoms with E-state index in [4.69, 9.17) is 5.73 Å². The Kier molecular flexibility index (Phi) is 4.56. The van der Waals surface area contributed by atoms with E-state index in [0.717, 1.165) is 28.0 Å². The third-order valence-corrected chi connectivity index (χ3v) is 3.57. The third-order valence-electron chi connectivity index (χ3n) is 3.04. The first-order valence-electron chi connectivity index (χ1n) is 6.21. The zero-order chi connectivity index (χ0) is 13.8. The van der Waals surface area contributed by atoms with Gasteiger partial charge in [0.05, 0.1) is 0 Å². The fourth-order valence-electron chi connectivity index (χ4n) is 2.08. The normalized spacial score (nSPS) is 10.5. The first kappa shape index (κ1) is 14.0. The summed E-state index contributed by atoms with van der Waals surface area (Å²) in [6.45, 7) is 3.44. The van der Waals surface area contributed by atoms with Gasteiger partial charge in [-0.3, -0.25) is 0 Å². The molecule has 0 fully saturated rings. The number of pyridine rings is 1. The van der Waals surface area contributed by atoms with Gasteiger partial charge in [0.2, 0.25) is 0 Å². The first-order valence-corrected chi connectivity index (χ1v) is 7.00. The quantitative estimate of drug-likeness (QED) is 0.940. The van der Waals surface area contributed by atoms with Crippen molar-refractivity contribution in [3.63, 3.8) is 0 Å². The summed E-state index contributed by atoms with van der Waals surface area (Å²) in [5.41, 5.74) is 9.11. The minimum absolute atomic E-state index is 0.532. The zero-order valence-electron chi connectivity index (χ0n) is 11.2. The van der Waals surface area contributed by atoms with Crippen LogP contribution in [0.15, 0.2) is 41.0 Å². The van der Waals surface area contributed by atoms with Gasteiger partial charge in [-0.25, -0.2) is 4.98 Å². The lowest BCUT2D eigenvalue weighted by molar-refractivity contribution is 0.884. The molecule has 3 nitrogen and oxygen atoms in total. The van der Waals surface area contributed by atoms with Crippen molar-refractivity contribution in [3.05, 3.63) is 57.7 Å². The Morgan fingerprint density at radius 1 is 1.21 bits per heavy atom. The fraction of sp³-hybridized carbons (Fsp3) is 0.267. The van der Waals surface area contributed by atoms with Crippen LogP contribution in [0.5, 0.6) is 0 Å². The van der Waals surface area contributed by atoms with Crippen LogP contribution in [0.1, 0.15) is 16.7 Å². The minimum atomic E-state index is 0.532. The van der Waals surface area contributed by atoms with Crippen LogP contribution in [-0.4, -0.2) is 12.0 Å². The molecule has 0 aliphatic heterocycles. The van der Waals surface area contributed by atoms with Crippen LogP contribution in [0.25, 0.3) is 0 Å². The fourth-order valence-corrected chi connectivity index (χ4v) is 2.34. The van der Waals surface area contributed by atoms with Crippen LogP contribution in [0.4, 0.5) is 5.82 Å². The minimum Gasteiger partial charge on any atom is -0.355 e. The van der Waals surface area contributed by atoms with E-state index in [-0.39, 0.29) is 0 Å². The Morgan fingerprint density at radius 2 is 1.89 bits per heavy atom. The number of rotatable bonds is 4. The molecule has 1 heterocycles. The summed E-state index contributed by atoms with van der Waals surface area (Å²) < 4.78 is 1.10. The van der Waals surface area contributed by atoms with Crippen molar-refractivity contribution in [2.45, 2.75) is 20.0 Å². The van der Waals surface area contributed by atoms with Gasteiger partial charge in [-0.05, 0) is 41.8 Å². The highest BCUT2D eigenvalue weighted by atomic mass is 79.9. The predicted octanol–water partition coefficient (Wildman–Crippen LogP) is 3.25. The van der Waals surface area contributed by atoms with Crippen molar-refractivity contribution in [2.24, 2.45) is 5.73 Å². The largest absolute Gasteiger partial charge is 0.355 e. The van der Waals surface area contributed by atoms with Gasteiger partial charge < -0.3 is 10.6 Å². The molecule has 2 aromatic rings. The van der Waals surface area contributed by atoms with Crippen LogP contribution < -0.4 is 10.6 Å². The van der Waals surface area contributed by atoms with E-state index in [9.17, 15) is 0 Å². The number of halogens is 1. The molecule has 0 unspecified atom stereocenters. The Labute approximate surface area is 122 Å². The average Bonchev–Trinajstić information content (AvgIpc) is 2.41. The van der Waals surface area contributed by atoms with Crippen molar-refractivity contribution in [1.29, 1.82) is 0 Å². The number of hydrogen-bond acceptors (Lipinski definition) is 3. The van der Waals surface area contributed by atoms with Crippen LogP contribution in [0.3, 0.4) is 0 Å². The molecule has 0 saturated carbocycles. The molecule has 0 aliphatic rings. The number of hydrogen-bond donors (Lipinski definition) is 1. The van der Waals surface area contributed by atoms with Gasteiger partial charge in [-0.2, -0.15) is 0 Å².